The molecule has 4 nitrogen and oxygen atoms in total. The highest BCUT2D eigenvalue weighted by atomic mass is 16.5. The number of aromatic nitrogens is 1. The molecule has 23 heavy (non-hydrogen) atoms. The molecular formula is C19H22N2O2. The molecule has 0 radical (unpaired) electrons. The number of hydrogen-bond acceptors (Lipinski definition) is 4. The van der Waals surface area contributed by atoms with Crippen molar-refractivity contribution < 1.29 is 9.84 Å². The maximum absolute atomic E-state index is 10.2. The van der Waals surface area contributed by atoms with Crippen LogP contribution in [0.2, 0.25) is 0 Å². The predicted octanol–water partition coefficient (Wildman–Crippen LogP) is 3.16. The Hall–Kier alpha value is -2.33. The molecule has 1 fully saturated rings. The third-order valence-corrected chi connectivity index (χ3v) is 4.54. The van der Waals surface area contributed by atoms with Gasteiger partial charge in [-0.05, 0) is 23.3 Å². The van der Waals surface area contributed by atoms with Crippen molar-refractivity contribution in [1.29, 1.82) is 0 Å². The smallest absolute Gasteiger partial charge is 0.119 e. The minimum absolute atomic E-state index is 0.171. The maximum Gasteiger partial charge on any atom is 0.119 e. The Morgan fingerprint density at radius 3 is 2.83 bits per heavy atom. The van der Waals surface area contributed by atoms with Gasteiger partial charge in [0.25, 0.3) is 0 Å². The normalized spacial score (nSPS) is 21.3. The lowest BCUT2D eigenvalue weighted by atomic mass is 9.87. The summed E-state index contributed by atoms with van der Waals surface area (Å²) in [5.41, 5.74) is 2.15. The van der Waals surface area contributed by atoms with Crippen molar-refractivity contribution in [3.8, 4) is 5.75 Å². The molecule has 0 amide bonds. The monoisotopic (exact) mass is 310 g/mol. The van der Waals surface area contributed by atoms with Crippen LogP contribution in [0.5, 0.6) is 5.75 Å². The molecule has 1 aromatic heterocycles. The first-order valence-electron chi connectivity index (χ1n) is 7.81. The highest BCUT2D eigenvalue weighted by Gasteiger charge is 2.37. The van der Waals surface area contributed by atoms with Crippen LogP contribution in [-0.4, -0.2) is 35.2 Å². The van der Waals surface area contributed by atoms with Crippen LogP contribution in [0.1, 0.15) is 17.0 Å². The molecule has 1 aliphatic rings. The molecule has 120 valence electrons. The van der Waals surface area contributed by atoms with Crippen LogP contribution in [0.15, 0.2) is 61.1 Å². The Bertz CT molecular complexity index is 672. The van der Waals surface area contributed by atoms with Gasteiger partial charge in [-0.3, -0.25) is 9.88 Å². The van der Waals surface area contributed by atoms with E-state index in [1.54, 1.807) is 19.4 Å². The van der Waals surface area contributed by atoms with Crippen LogP contribution in [0.3, 0.4) is 0 Å². The Labute approximate surface area is 137 Å². The fraction of sp³-hybridized carbons (Fsp3) is 0.316. The molecule has 2 heterocycles. The fourth-order valence-corrected chi connectivity index (χ4v) is 3.36. The summed E-state index contributed by atoms with van der Waals surface area (Å²) in [4.78, 5) is 6.54. The number of methoxy groups -OCH3 is 1. The van der Waals surface area contributed by atoms with Gasteiger partial charge in [-0.1, -0.05) is 30.8 Å². The highest BCUT2D eigenvalue weighted by Crippen LogP contribution is 2.40. The number of rotatable bonds is 5. The van der Waals surface area contributed by atoms with Crippen molar-refractivity contribution in [3.63, 3.8) is 0 Å². The molecular weight excluding hydrogens is 288 g/mol. The zero-order chi connectivity index (χ0) is 16.2. The summed E-state index contributed by atoms with van der Waals surface area (Å²) in [5.74, 6) is 1.46. The van der Waals surface area contributed by atoms with Crippen LogP contribution in [0.4, 0.5) is 0 Å². The Morgan fingerprint density at radius 2 is 2.13 bits per heavy atom. The van der Waals surface area contributed by atoms with Gasteiger partial charge in [-0.15, -0.1) is 0 Å². The quantitative estimate of drug-likeness (QED) is 0.862. The number of likely N-dealkylation sites (tertiary alicyclic amines) is 1. The molecule has 0 unspecified atom stereocenters. The summed E-state index contributed by atoms with van der Waals surface area (Å²) in [5, 5.41) is 10.2. The molecule has 0 bridgehead atoms. The van der Waals surface area contributed by atoms with Gasteiger partial charge in [0.1, 0.15) is 5.75 Å². The van der Waals surface area contributed by atoms with E-state index >= 15 is 0 Å². The SMILES string of the molecule is C=C(OC)[C@@H]1CN(Cc2cccnc2)C[C@@H]1c1ccccc1O. The van der Waals surface area contributed by atoms with E-state index in [9.17, 15) is 5.11 Å². The number of ether oxygens (including phenoxy) is 1. The standard InChI is InChI=1S/C19H22N2O2/c1-14(23-2)17-12-21(11-15-6-5-9-20-10-15)13-18(17)16-7-3-4-8-19(16)22/h3-10,17-18,22H,1,11-13H2,2H3/t17-,18+/m0/s1. The number of phenols is 1. The zero-order valence-electron chi connectivity index (χ0n) is 13.4. The molecule has 4 heteroatoms. The molecule has 1 aliphatic heterocycles. The van der Waals surface area contributed by atoms with Crippen molar-refractivity contribution in [2.45, 2.75) is 12.5 Å². The van der Waals surface area contributed by atoms with Gasteiger partial charge in [-0.25, -0.2) is 0 Å². The van der Waals surface area contributed by atoms with Crippen LogP contribution in [-0.2, 0) is 11.3 Å². The van der Waals surface area contributed by atoms with Gasteiger partial charge in [0.15, 0.2) is 0 Å². The molecule has 0 saturated carbocycles. The Kier molecular flexibility index (Phi) is 4.63. The molecule has 1 aromatic carbocycles. The third kappa shape index (κ3) is 3.37. The molecule has 1 N–H and O–H groups in total. The zero-order valence-corrected chi connectivity index (χ0v) is 13.4. The summed E-state index contributed by atoms with van der Waals surface area (Å²) in [7, 11) is 1.66. The van der Waals surface area contributed by atoms with Crippen molar-refractivity contribution in [3.05, 3.63) is 72.3 Å². The minimum Gasteiger partial charge on any atom is -0.508 e. The van der Waals surface area contributed by atoms with E-state index in [-0.39, 0.29) is 11.8 Å². The molecule has 1 saturated heterocycles. The lowest BCUT2D eigenvalue weighted by Gasteiger charge is -2.20. The molecule has 2 atom stereocenters. The van der Waals surface area contributed by atoms with E-state index in [1.807, 2.05) is 30.5 Å². The first-order chi connectivity index (χ1) is 11.2. The number of nitrogens with zero attached hydrogens (tertiary/aromatic N) is 2. The van der Waals surface area contributed by atoms with Crippen LogP contribution < -0.4 is 0 Å². The van der Waals surface area contributed by atoms with Gasteiger partial charge in [0, 0.05) is 43.9 Å². The van der Waals surface area contributed by atoms with E-state index in [0.29, 0.717) is 5.75 Å². The number of aromatic hydroxyl groups is 1. The summed E-state index contributed by atoms with van der Waals surface area (Å²) in [6.45, 7) is 6.62. The van der Waals surface area contributed by atoms with Crippen molar-refractivity contribution in [2.75, 3.05) is 20.2 Å². The van der Waals surface area contributed by atoms with Gasteiger partial charge in [-0.2, -0.15) is 0 Å². The second kappa shape index (κ2) is 6.84. The third-order valence-electron chi connectivity index (χ3n) is 4.54. The van der Waals surface area contributed by atoms with Crippen molar-refractivity contribution in [2.24, 2.45) is 5.92 Å². The average molecular weight is 310 g/mol. The van der Waals surface area contributed by atoms with E-state index in [2.05, 4.69) is 22.5 Å². The Morgan fingerprint density at radius 1 is 1.30 bits per heavy atom. The number of benzene rings is 1. The van der Waals surface area contributed by atoms with E-state index in [0.717, 1.165) is 31.0 Å². The highest BCUT2D eigenvalue weighted by molar-refractivity contribution is 5.37. The number of phenolic OH excluding ortho intramolecular Hbond substituents is 1. The minimum atomic E-state index is 0.171. The van der Waals surface area contributed by atoms with Crippen LogP contribution >= 0.6 is 0 Å². The van der Waals surface area contributed by atoms with E-state index in [4.69, 9.17) is 4.74 Å². The predicted molar refractivity (Wildman–Crippen MR) is 90.0 cm³/mol. The molecule has 0 spiro atoms. The topological polar surface area (TPSA) is 45.6 Å². The van der Waals surface area contributed by atoms with Crippen LogP contribution in [0.25, 0.3) is 0 Å². The summed E-state index contributed by atoms with van der Waals surface area (Å²) in [6.07, 6.45) is 3.68. The average Bonchev–Trinajstić information content (AvgIpc) is 2.99. The van der Waals surface area contributed by atoms with Crippen molar-refractivity contribution >= 4 is 0 Å². The van der Waals surface area contributed by atoms with Gasteiger partial charge < -0.3 is 9.84 Å². The second-order valence-corrected chi connectivity index (χ2v) is 6.00. The Balaban J connectivity index is 1.82. The van der Waals surface area contributed by atoms with E-state index in [1.165, 1.54) is 5.56 Å². The number of para-hydroxylation sites is 1. The van der Waals surface area contributed by atoms with Crippen LogP contribution in [0, 0.1) is 5.92 Å². The van der Waals surface area contributed by atoms with Gasteiger partial charge >= 0.3 is 0 Å². The lowest BCUT2D eigenvalue weighted by Crippen LogP contribution is -2.20. The molecule has 0 aliphatic carbocycles. The summed E-state index contributed by atoms with van der Waals surface area (Å²) < 4.78 is 5.41. The molecule has 2 aromatic rings. The number of pyridine rings is 1. The summed E-state index contributed by atoms with van der Waals surface area (Å²) in [6, 6.07) is 11.6. The first-order valence-corrected chi connectivity index (χ1v) is 7.81. The summed E-state index contributed by atoms with van der Waals surface area (Å²) >= 11 is 0. The lowest BCUT2D eigenvalue weighted by molar-refractivity contribution is 0.232. The molecule has 3 rings (SSSR count). The second-order valence-electron chi connectivity index (χ2n) is 6.00. The van der Waals surface area contributed by atoms with Gasteiger partial charge in [0.05, 0.1) is 12.9 Å². The van der Waals surface area contributed by atoms with Crippen molar-refractivity contribution in [1.82, 2.24) is 9.88 Å². The largest absolute Gasteiger partial charge is 0.508 e. The van der Waals surface area contributed by atoms with Gasteiger partial charge in [0.2, 0.25) is 0 Å². The fourth-order valence-electron chi connectivity index (χ4n) is 3.36. The van der Waals surface area contributed by atoms with E-state index < -0.39 is 0 Å². The number of hydrogen-bond donors (Lipinski definition) is 1. The maximum atomic E-state index is 10.2. The first kappa shape index (κ1) is 15.6.